The molecule has 0 aliphatic carbocycles. The Bertz CT molecular complexity index is 941. The van der Waals surface area contributed by atoms with E-state index < -0.39 is 5.91 Å². The Labute approximate surface area is 147 Å². The molecular formula is C16H16N6O2S. The van der Waals surface area contributed by atoms with Gasteiger partial charge in [-0.05, 0) is 37.1 Å². The summed E-state index contributed by atoms with van der Waals surface area (Å²) in [5, 5.41) is 6.81. The lowest BCUT2D eigenvalue weighted by Gasteiger charge is -2.31. The number of aromatic nitrogens is 4. The third-order valence-electron chi connectivity index (χ3n) is 4.57. The molecule has 25 heavy (non-hydrogen) atoms. The van der Waals surface area contributed by atoms with Crippen LogP contribution in [0.4, 0.5) is 0 Å². The van der Waals surface area contributed by atoms with E-state index in [9.17, 15) is 9.59 Å². The van der Waals surface area contributed by atoms with Crippen molar-refractivity contribution < 1.29 is 9.59 Å². The van der Waals surface area contributed by atoms with Gasteiger partial charge in [-0.3, -0.25) is 14.7 Å². The standard InChI is InChI=1S/C16H16N6O2S/c17-15(23)14-8-12(18-19-14)9-3-5-22(6-4-9)16(24)10-1-2-11-13(7-10)21-25-20-11/h1-2,7-9H,3-6H2,(H2,17,23)(H,18,19). The number of benzene rings is 1. The van der Waals surface area contributed by atoms with Gasteiger partial charge in [0.2, 0.25) is 0 Å². The lowest BCUT2D eigenvalue weighted by atomic mass is 9.93. The van der Waals surface area contributed by atoms with Gasteiger partial charge in [-0.1, -0.05) is 0 Å². The van der Waals surface area contributed by atoms with Crippen molar-refractivity contribution in [3.05, 3.63) is 41.2 Å². The van der Waals surface area contributed by atoms with E-state index in [0.29, 0.717) is 18.7 Å². The van der Waals surface area contributed by atoms with Gasteiger partial charge in [0.05, 0.1) is 11.7 Å². The van der Waals surface area contributed by atoms with E-state index >= 15 is 0 Å². The van der Waals surface area contributed by atoms with Crippen LogP contribution >= 0.6 is 11.7 Å². The van der Waals surface area contributed by atoms with Crippen molar-refractivity contribution in [2.45, 2.75) is 18.8 Å². The molecule has 4 rings (SSSR count). The predicted octanol–water partition coefficient (Wildman–Crippen LogP) is 1.53. The van der Waals surface area contributed by atoms with Gasteiger partial charge in [0.1, 0.15) is 16.7 Å². The number of aromatic amines is 1. The minimum atomic E-state index is -0.540. The summed E-state index contributed by atoms with van der Waals surface area (Å²) < 4.78 is 8.34. The molecule has 0 saturated carbocycles. The van der Waals surface area contributed by atoms with Crippen LogP contribution in [-0.4, -0.2) is 48.7 Å². The first-order valence-corrected chi connectivity index (χ1v) is 8.71. The van der Waals surface area contributed by atoms with E-state index in [1.165, 1.54) is 0 Å². The lowest BCUT2D eigenvalue weighted by Crippen LogP contribution is -2.38. The zero-order valence-electron chi connectivity index (χ0n) is 13.3. The van der Waals surface area contributed by atoms with Gasteiger partial charge < -0.3 is 10.6 Å². The molecule has 2 aromatic heterocycles. The maximum atomic E-state index is 12.7. The molecule has 1 aliphatic heterocycles. The molecule has 3 N–H and O–H groups in total. The smallest absolute Gasteiger partial charge is 0.269 e. The van der Waals surface area contributed by atoms with Crippen LogP contribution in [0.25, 0.3) is 11.0 Å². The molecule has 128 valence electrons. The number of nitrogens with two attached hydrogens (primary N) is 1. The average molecular weight is 356 g/mol. The van der Waals surface area contributed by atoms with E-state index in [1.807, 2.05) is 11.0 Å². The number of H-pyrrole nitrogens is 1. The van der Waals surface area contributed by atoms with Crippen molar-refractivity contribution >= 4 is 34.6 Å². The van der Waals surface area contributed by atoms with Crippen molar-refractivity contribution in [3.63, 3.8) is 0 Å². The number of carbonyl (C=O) groups excluding carboxylic acids is 2. The van der Waals surface area contributed by atoms with Crippen LogP contribution in [0.1, 0.15) is 45.3 Å². The first kappa shape index (κ1) is 15.7. The highest BCUT2D eigenvalue weighted by Crippen LogP contribution is 2.28. The third kappa shape index (κ3) is 2.98. The molecule has 1 aromatic carbocycles. The molecule has 1 saturated heterocycles. The molecule has 1 aliphatic rings. The van der Waals surface area contributed by atoms with E-state index in [2.05, 4.69) is 18.9 Å². The molecular weight excluding hydrogens is 340 g/mol. The highest BCUT2D eigenvalue weighted by atomic mass is 32.1. The van der Waals surface area contributed by atoms with E-state index in [0.717, 1.165) is 41.3 Å². The van der Waals surface area contributed by atoms with Gasteiger partial charge in [0.15, 0.2) is 0 Å². The fourth-order valence-electron chi connectivity index (χ4n) is 3.16. The molecule has 9 heteroatoms. The van der Waals surface area contributed by atoms with Crippen LogP contribution in [0, 0.1) is 0 Å². The van der Waals surface area contributed by atoms with Crippen LogP contribution in [0.15, 0.2) is 24.3 Å². The summed E-state index contributed by atoms with van der Waals surface area (Å²) in [5.41, 5.74) is 8.58. The molecule has 1 fully saturated rings. The second kappa shape index (κ2) is 6.25. The molecule has 0 atom stereocenters. The van der Waals surface area contributed by atoms with Crippen LogP contribution < -0.4 is 5.73 Å². The molecule has 3 heterocycles. The Morgan fingerprint density at radius 3 is 2.64 bits per heavy atom. The Morgan fingerprint density at radius 1 is 1.16 bits per heavy atom. The second-order valence-corrected chi connectivity index (χ2v) is 6.64. The summed E-state index contributed by atoms with van der Waals surface area (Å²) in [4.78, 5) is 25.7. The number of rotatable bonds is 3. The van der Waals surface area contributed by atoms with Crippen molar-refractivity contribution in [1.29, 1.82) is 0 Å². The number of nitrogens with one attached hydrogen (secondary N) is 1. The predicted molar refractivity (Wildman–Crippen MR) is 92.4 cm³/mol. The van der Waals surface area contributed by atoms with Gasteiger partial charge in [0.25, 0.3) is 11.8 Å². The Kier molecular flexibility index (Phi) is 3.92. The minimum absolute atomic E-state index is 0.00999. The molecule has 3 aromatic rings. The van der Waals surface area contributed by atoms with Gasteiger partial charge in [-0.2, -0.15) is 13.8 Å². The minimum Gasteiger partial charge on any atom is -0.364 e. The number of hydrogen-bond donors (Lipinski definition) is 2. The first-order valence-electron chi connectivity index (χ1n) is 7.98. The zero-order valence-corrected chi connectivity index (χ0v) is 14.1. The summed E-state index contributed by atoms with van der Waals surface area (Å²) in [6, 6.07) is 7.12. The summed E-state index contributed by atoms with van der Waals surface area (Å²) in [6.07, 6.45) is 1.62. The number of nitrogens with zero attached hydrogens (tertiary/aromatic N) is 4. The third-order valence-corrected chi connectivity index (χ3v) is 5.13. The highest BCUT2D eigenvalue weighted by molar-refractivity contribution is 7.00. The molecule has 0 bridgehead atoms. The first-order chi connectivity index (χ1) is 12.1. The van der Waals surface area contributed by atoms with Crippen LogP contribution in [0.5, 0.6) is 0 Å². The summed E-state index contributed by atoms with van der Waals surface area (Å²) >= 11 is 1.14. The summed E-state index contributed by atoms with van der Waals surface area (Å²) in [5.74, 6) is -0.285. The van der Waals surface area contributed by atoms with Gasteiger partial charge >= 0.3 is 0 Å². The maximum absolute atomic E-state index is 12.7. The number of fused-ring (bicyclic) bond motifs is 1. The molecule has 0 spiro atoms. The summed E-state index contributed by atoms with van der Waals surface area (Å²) in [6.45, 7) is 1.31. The number of hydrogen-bond acceptors (Lipinski definition) is 6. The van der Waals surface area contributed by atoms with E-state index in [1.54, 1.807) is 18.2 Å². The van der Waals surface area contributed by atoms with Gasteiger partial charge in [-0.25, -0.2) is 0 Å². The normalized spacial score (nSPS) is 15.6. The molecule has 2 amide bonds. The SMILES string of the molecule is NC(=O)c1cc(C2CCN(C(=O)c3ccc4nsnc4c3)CC2)[nH]n1. The number of carbonyl (C=O) groups is 2. The van der Waals surface area contributed by atoms with Crippen molar-refractivity contribution in [2.24, 2.45) is 5.73 Å². The Morgan fingerprint density at radius 2 is 1.92 bits per heavy atom. The van der Waals surface area contributed by atoms with Crippen molar-refractivity contribution in [3.8, 4) is 0 Å². The topological polar surface area (TPSA) is 118 Å². The number of piperidine rings is 1. The van der Waals surface area contributed by atoms with Crippen LogP contribution in [0.3, 0.4) is 0 Å². The molecule has 8 nitrogen and oxygen atoms in total. The van der Waals surface area contributed by atoms with Crippen molar-refractivity contribution in [1.82, 2.24) is 23.8 Å². The maximum Gasteiger partial charge on any atom is 0.269 e. The largest absolute Gasteiger partial charge is 0.364 e. The van der Waals surface area contributed by atoms with Crippen molar-refractivity contribution in [2.75, 3.05) is 13.1 Å². The fraction of sp³-hybridized carbons (Fsp3) is 0.312. The average Bonchev–Trinajstić information content (AvgIpc) is 3.30. The number of likely N-dealkylation sites (tertiary alicyclic amines) is 1. The van der Waals surface area contributed by atoms with Gasteiger partial charge in [0, 0.05) is 30.3 Å². The summed E-state index contributed by atoms with van der Waals surface area (Å²) in [7, 11) is 0. The quantitative estimate of drug-likeness (QED) is 0.738. The lowest BCUT2D eigenvalue weighted by molar-refractivity contribution is 0.0712. The van der Waals surface area contributed by atoms with Crippen LogP contribution in [0.2, 0.25) is 0 Å². The second-order valence-electron chi connectivity index (χ2n) is 6.11. The van der Waals surface area contributed by atoms with E-state index in [4.69, 9.17) is 5.73 Å². The molecule has 0 radical (unpaired) electrons. The monoisotopic (exact) mass is 356 g/mol. The number of primary amides is 1. The number of amides is 2. The van der Waals surface area contributed by atoms with Crippen LogP contribution in [-0.2, 0) is 0 Å². The zero-order chi connectivity index (χ0) is 17.4. The van der Waals surface area contributed by atoms with E-state index in [-0.39, 0.29) is 17.5 Å². The Hall–Kier alpha value is -2.81. The van der Waals surface area contributed by atoms with Gasteiger partial charge in [-0.15, -0.1) is 0 Å². The fourth-order valence-corrected chi connectivity index (χ4v) is 3.68. The highest BCUT2D eigenvalue weighted by Gasteiger charge is 2.26. The Balaban J connectivity index is 1.43. The molecule has 0 unspecified atom stereocenters.